The van der Waals surface area contributed by atoms with Crippen molar-refractivity contribution in [3.63, 3.8) is 0 Å². The van der Waals surface area contributed by atoms with Crippen LogP contribution in [0.5, 0.6) is 5.75 Å². The van der Waals surface area contributed by atoms with Crippen molar-refractivity contribution in [2.24, 2.45) is 11.7 Å². The van der Waals surface area contributed by atoms with Gasteiger partial charge in [0.05, 0.1) is 0 Å². The third kappa shape index (κ3) is 3.37. The van der Waals surface area contributed by atoms with Crippen LogP contribution in [0, 0.1) is 5.92 Å². The maximum absolute atomic E-state index is 9.40. The lowest BCUT2D eigenvalue weighted by atomic mass is 9.96. The number of phenolic OH excluding ortho intramolecular Hbond substituents is 1. The molecule has 0 radical (unpaired) electrons. The zero-order chi connectivity index (χ0) is 12.4. The molecule has 2 rings (SSSR count). The summed E-state index contributed by atoms with van der Waals surface area (Å²) in [5.41, 5.74) is 7.33. The first-order valence-corrected chi connectivity index (χ1v) is 6.04. The van der Waals surface area contributed by atoms with Gasteiger partial charge >= 0.3 is 0 Å². The van der Waals surface area contributed by atoms with Gasteiger partial charge < -0.3 is 10.8 Å². The second-order valence-electron chi connectivity index (χ2n) is 5.03. The number of halogens is 1. The van der Waals surface area contributed by atoms with Crippen molar-refractivity contribution in [1.29, 1.82) is 0 Å². The fourth-order valence-corrected chi connectivity index (χ4v) is 2.13. The van der Waals surface area contributed by atoms with E-state index < -0.39 is 0 Å². The van der Waals surface area contributed by atoms with Crippen molar-refractivity contribution in [3.8, 4) is 5.75 Å². The minimum absolute atomic E-state index is 0. The first-order chi connectivity index (χ1) is 8.06. The topological polar surface area (TPSA) is 46.2 Å². The van der Waals surface area contributed by atoms with E-state index >= 15 is 0 Å². The van der Waals surface area contributed by atoms with Gasteiger partial charge in [0.2, 0.25) is 0 Å². The summed E-state index contributed by atoms with van der Waals surface area (Å²) >= 11 is 0. The third-order valence-electron chi connectivity index (χ3n) is 3.00. The van der Waals surface area contributed by atoms with Crippen molar-refractivity contribution in [1.82, 2.24) is 0 Å². The molecule has 1 atom stereocenters. The Morgan fingerprint density at radius 3 is 2.33 bits per heavy atom. The summed E-state index contributed by atoms with van der Waals surface area (Å²) in [6.45, 7) is 4.36. The van der Waals surface area contributed by atoms with Crippen molar-refractivity contribution in [3.05, 3.63) is 42.0 Å². The normalized spacial score (nSPS) is 12.4. The molecule has 2 aromatic carbocycles. The minimum Gasteiger partial charge on any atom is -0.508 e. The second-order valence-corrected chi connectivity index (χ2v) is 5.03. The average molecular weight is 266 g/mol. The second kappa shape index (κ2) is 6.07. The lowest BCUT2D eigenvalue weighted by molar-refractivity contribution is 0.476. The number of hydrogen-bond donors (Lipinski definition) is 2. The first kappa shape index (κ1) is 14.8. The van der Waals surface area contributed by atoms with E-state index in [0.29, 0.717) is 11.7 Å². The Labute approximate surface area is 114 Å². The minimum atomic E-state index is 0. The highest BCUT2D eigenvalue weighted by molar-refractivity contribution is 5.85. The van der Waals surface area contributed by atoms with E-state index in [-0.39, 0.29) is 18.4 Å². The molecule has 0 aromatic heterocycles. The van der Waals surface area contributed by atoms with Gasteiger partial charge in [-0.15, -0.1) is 12.4 Å². The summed E-state index contributed by atoms with van der Waals surface area (Å²) in [5.74, 6) is 0.900. The van der Waals surface area contributed by atoms with Crippen LogP contribution in [0.2, 0.25) is 0 Å². The molecule has 2 aromatic rings. The Kier molecular flexibility index (Phi) is 5.00. The maximum Gasteiger partial charge on any atom is 0.116 e. The Hall–Kier alpha value is -1.25. The van der Waals surface area contributed by atoms with Crippen molar-refractivity contribution >= 4 is 23.2 Å². The fraction of sp³-hybridized carbons (Fsp3) is 0.333. The first-order valence-electron chi connectivity index (χ1n) is 6.04. The van der Waals surface area contributed by atoms with E-state index in [2.05, 4.69) is 26.0 Å². The molecule has 0 aliphatic carbocycles. The molecule has 98 valence electrons. The van der Waals surface area contributed by atoms with Crippen molar-refractivity contribution < 1.29 is 5.11 Å². The van der Waals surface area contributed by atoms with Crippen LogP contribution in [0.25, 0.3) is 10.8 Å². The molecule has 2 nitrogen and oxygen atoms in total. The van der Waals surface area contributed by atoms with Gasteiger partial charge in [-0.25, -0.2) is 0 Å². The Morgan fingerprint density at radius 2 is 1.67 bits per heavy atom. The van der Waals surface area contributed by atoms with Gasteiger partial charge in [0.15, 0.2) is 0 Å². The number of aromatic hydroxyl groups is 1. The van der Waals surface area contributed by atoms with Gasteiger partial charge in [-0.3, -0.25) is 0 Å². The number of rotatable bonds is 3. The van der Waals surface area contributed by atoms with E-state index in [1.807, 2.05) is 12.1 Å². The van der Waals surface area contributed by atoms with Gasteiger partial charge in [-0.2, -0.15) is 0 Å². The van der Waals surface area contributed by atoms with Crippen LogP contribution >= 0.6 is 12.4 Å². The molecule has 18 heavy (non-hydrogen) atoms. The number of nitrogens with two attached hydrogens (primary N) is 1. The molecule has 0 saturated carbocycles. The summed E-state index contributed by atoms with van der Waals surface area (Å²) < 4.78 is 0. The predicted octanol–water partition coefficient (Wildman–Crippen LogP) is 4.01. The molecule has 0 bridgehead atoms. The van der Waals surface area contributed by atoms with Crippen molar-refractivity contribution in [2.75, 3.05) is 0 Å². The molecular weight excluding hydrogens is 246 g/mol. The lowest BCUT2D eigenvalue weighted by Crippen LogP contribution is -2.12. The Bertz CT molecular complexity index is 525. The van der Waals surface area contributed by atoms with Gasteiger partial charge in [-0.1, -0.05) is 32.0 Å². The van der Waals surface area contributed by atoms with Crippen LogP contribution in [0.1, 0.15) is 31.9 Å². The van der Waals surface area contributed by atoms with Crippen LogP contribution in [0.4, 0.5) is 0 Å². The number of benzene rings is 2. The molecule has 0 amide bonds. The number of hydrogen-bond acceptors (Lipinski definition) is 2. The largest absolute Gasteiger partial charge is 0.508 e. The summed E-state index contributed by atoms with van der Waals surface area (Å²) in [6.07, 6.45) is 0.990. The van der Waals surface area contributed by atoms with Crippen LogP contribution in [0.3, 0.4) is 0 Å². The molecule has 0 aliphatic rings. The smallest absolute Gasteiger partial charge is 0.116 e. The van der Waals surface area contributed by atoms with Crippen LogP contribution in [-0.4, -0.2) is 5.11 Å². The molecule has 0 saturated heterocycles. The molecule has 0 unspecified atom stereocenters. The SMILES string of the molecule is CC(C)C[C@@H](N)c1ccc2cc(O)ccc2c1.Cl. The van der Waals surface area contributed by atoms with Gasteiger partial charge in [-0.05, 0) is 46.9 Å². The summed E-state index contributed by atoms with van der Waals surface area (Å²) in [5, 5.41) is 11.6. The lowest BCUT2D eigenvalue weighted by Gasteiger charge is -2.15. The molecule has 3 N–H and O–H groups in total. The third-order valence-corrected chi connectivity index (χ3v) is 3.00. The van der Waals surface area contributed by atoms with E-state index in [0.717, 1.165) is 22.8 Å². The molecule has 0 spiro atoms. The monoisotopic (exact) mass is 265 g/mol. The molecule has 0 heterocycles. The predicted molar refractivity (Wildman–Crippen MR) is 79.2 cm³/mol. The van der Waals surface area contributed by atoms with E-state index in [1.165, 1.54) is 0 Å². The zero-order valence-corrected chi connectivity index (χ0v) is 11.6. The van der Waals surface area contributed by atoms with E-state index in [9.17, 15) is 5.11 Å². The highest BCUT2D eigenvalue weighted by Crippen LogP contribution is 2.25. The molecule has 0 aliphatic heterocycles. The van der Waals surface area contributed by atoms with Crippen molar-refractivity contribution in [2.45, 2.75) is 26.3 Å². The molecule has 0 fully saturated rings. The summed E-state index contributed by atoms with van der Waals surface area (Å²) in [7, 11) is 0. The highest BCUT2D eigenvalue weighted by atomic mass is 35.5. The van der Waals surface area contributed by atoms with Gasteiger partial charge in [0.25, 0.3) is 0 Å². The van der Waals surface area contributed by atoms with Gasteiger partial charge in [0.1, 0.15) is 5.75 Å². The number of fused-ring (bicyclic) bond motifs is 1. The number of phenols is 1. The van der Waals surface area contributed by atoms with Crippen LogP contribution in [-0.2, 0) is 0 Å². The zero-order valence-electron chi connectivity index (χ0n) is 10.8. The van der Waals surface area contributed by atoms with Gasteiger partial charge in [0, 0.05) is 6.04 Å². The fourth-order valence-electron chi connectivity index (χ4n) is 2.13. The average Bonchev–Trinajstić information content (AvgIpc) is 2.27. The summed E-state index contributed by atoms with van der Waals surface area (Å²) in [4.78, 5) is 0. The molecular formula is C15H20ClNO. The Balaban J connectivity index is 0.00000162. The quantitative estimate of drug-likeness (QED) is 0.881. The van der Waals surface area contributed by atoms with E-state index in [4.69, 9.17) is 5.73 Å². The maximum atomic E-state index is 9.40. The van der Waals surface area contributed by atoms with Crippen LogP contribution in [0.15, 0.2) is 36.4 Å². The van der Waals surface area contributed by atoms with Crippen LogP contribution < -0.4 is 5.73 Å². The highest BCUT2D eigenvalue weighted by Gasteiger charge is 2.08. The summed E-state index contributed by atoms with van der Waals surface area (Å²) in [6, 6.07) is 11.7. The standard InChI is InChI=1S/C15H19NO.ClH/c1-10(2)7-15(16)13-4-3-12-9-14(17)6-5-11(12)8-13;/h3-6,8-10,15,17H,7,16H2,1-2H3;1H/t15-;/m1./s1. The molecule has 3 heteroatoms. The van der Waals surface area contributed by atoms with E-state index in [1.54, 1.807) is 12.1 Å². The Morgan fingerprint density at radius 1 is 1.06 bits per heavy atom.